The molecule has 0 aliphatic rings. The fraction of sp³-hybridized carbons (Fsp3) is 0.143. The van der Waals surface area contributed by atoms with E-state index in [2.05, 4.69) is 34.7 Å². The normalized spacial score (nSPS) is 11.6. The lowest BCUT2D eigenvalue weighted by molar-refractivity contribution is -0.115. The fourth-order valence-corrected chi connectivity index (χ4v) is 2.60. The standard InChI is InChI=1S/C21H21N3O/c1-16(18-10-6-3-7-11-18)23-19-12-13-20(22-15-19)24-21(25)14-17-8-4-2-5-9-17/h2-13,15-16,23H,14H2,1H3,(H,22,24,25). The van der Waals surface area contributed by atoms with Crippen molar-refractivity contribution in [1.82, 2.24) is 4.98 Å². The second-order valence-electron chi connectivity index (χ2n) is 5.92. The van der Waals surface area contributed by atoms with Gasteiger partial charge in [0.05, 0.1) is 18.3 Å². The smallest absolute Gasteiger partial charge is 0.229 e. The van der Waals surface area contributed by atoms with E-state index >= 15 is 0 Å². The Balaban J connectivity index is 1.56. The topological polar surface area (TPSA) is 54.0 Å². The number of anilines is 2. The summed E-state index contributed by atoms with van der Waals surface area (Å²) < 4.78 is 0. The number of benzene rings is 2. The quantitative estimate of drug-likeness (QED) is 0.702. The summed E-state index contributed by atoms with van der Waals surface area (Å²) in [6.45, 7) is 2.10. The van der Waals surface area contributed by atoms with Gasteiger partial charge in [-0.05, 0) is 30.2 Å². The van der Waals surface area contributed by atoms with Crippen LogP contribution >= 0.6 is 0 Å². The molecule has 1 amide bonds. The minimum Gasteiger partial charge on any atom is -0.377 e. The van der Waals surface area contributed by atoms with E-state index in [9.17, 15) is 4.79 Å². The Kier molecular flexibility index (Phi) is 5.42. The monoisotopic (exact) mass is 331 g/mol. The van der Waals surface area contributed by atoms with Gasteiger partial charge in [0.1, 0.15) is 5.82 Å². The van der Waals surface area contributed by atoms with Crippen LogP contribution in [0.5, 0.6) is 0 Å². The van der Waals surface area contributed by atoms with Crippen molar-refractivity contribution in [3.8, 4) is 0 Å². The van der Waals surface area contributed by atoms with Crippen molar-refractivity contribution in [2.24, 2.45) is 0 Å². The Morgan fingerprint density at radius 3 is 2.28 bits per heavy atom. The molecule has 0 spiro atoms. The second-order valence-corrected chi connectivity index (χ2v) is 5.92. The van der Waals surface area contributed by atoms with Crippen LogP contribution < -0.4 is 10.6 Å². The van der Waals surface area contributed by atoms with Crippen LogP contribution in [0.4, 0.5) is 11.5 Å². The molecule has 0 aliphatic heterocycles. The largest absolute Gasteiger partial charge is 0.377 e. The zero-order chi connectivity index (χ0) is 17.5. The van der Waals surface area contributed by atoms with Gasteiger partial charge in [0.15, 0.2) is 0 Å². The van der Waals surface area contributed by atoms with Gasteiger partial charge >= 0.3 is 0 Å². The van der Waals surface area contributed by atoms with Crippen LogP contribution in [0.2, 0.25) is 0 Å². The molecule has 0 fully saturated rings. The average molecular weight is 331 g/mol. The third-order valence-electron chi connectivity index (χ3n) is 3.92. The van der Waals surface area contributed by atoms with Gasteiger partial charge in [-0.3, -0.25) is 4.79 Å². The van der Waals surface area contributed by atoms with E-state index in [1.165, 1.54) is 5.56 Å². The van der Waals surface area contributed by atoms with Crippen molar-refractivity contribution in [3.05, 3.63) is 90.1 Å². The number of rotatable bonds is 6. The Labute approximate surface area is 147 Å². The number of amides is 1. The molecule has 1 aromatic heterocycles. The first kappa shape index (κ1) is 16.7. The molecule has 0 aliphatic carbocycles. The molecule has 25 heavy (non-hydrogen) atoms. The summed E-state index contributed by atoms with van der Waals surface area (Å²) in [7, 11) is 0. The zero-order valence-electron chi connectivity index (χ0n) is 14.1. The number of hydrogen-bond donors (Lipinski definition) is 2. The molecule has 0 radical (unpaired) electrons. The highest BCUT2D eigenvalue weighted by molar-refractivity contribution is 5.91. The van der Waals surface area contributed by atoms with Crippen LogP contribution in [0.3, 0.4) is 0 Å². The number of carbonyl (C=O) groups is 1. The molecule has 0 bridgehead atoms. The van der Waals surface area contributed by atoms with Crippen LogP contribution in [0.15, 0.2) is 79.0 Å². The predicted octanol–water partition coefficient (Wildman–Crippen LogP) is 4.44. The first-order chi connectivity index (χ1) is 12.2. The van der Waals surface area contributed by atoms with Crippen LogP contribution in [-0.4, -0.2) is 10.9 Å². The molecule has 1 heterocycles. The SMILES string of the molecule is CC(Nc1ccc(NC(=O)Cc2ccccc2)nc1)c1ccccc1. The summed E-state index contributed by atoms with van der Waals surface area (Å²) in [6, 6.07) is 23.8. The van der Waals surface area contributed by atoms with E-state index in [1.54, 1.807) is 6.20 Å². The van der Waals surface area contributed by atoms with E-state index < -0.39 is 0 Å². The van der Waals surface area contributed by atoms with E-state index in [-0.39, 0.29) is 11.9 Å². The van der Waals surface area contributed by atoms with Gasteiger partial charge < -0.3 is 10.6 Å². The highest BCUT2D eigenvalue weighted by atomic mass is 16.1. The summed E-state index contributed by atoms with van der Waals surface area (Å²) in [6.07, 6.45) is 2.07. The number of nitrogens with zero attached hydrogens (tertiary/aromatic N) is 1. The summed E-state index contributed by atoms with van der Waals surface area (Å²) in [5.74, 6) is 0.482. The van der Waals surface area contributed by atoms with E-state index in [0.717, 1.165) is 11.3 Å². The molecule has 3 rings (SSSR count). The van der Waals surface area contributed by atoms with Gasteiger partial charge in [0.2, 0.25) is 5.91 Å². The zero-order valence-corrected chi connectivity index (χ0v) is 14.1. The van der Waals surface area contributed by atoms with Gasteiger partial charge in [-0.15, -0.1) is 0 Å². The van der Waals surface area contributed by atoms with Crippen molar-refractivity contribution >= 4 is 17.4 Å². The van der Waals surface area contributed by atoms with E-state index in [1.807, 2.05) is 60.7 Å². The minimum atomic E-state index is -0.0722. The third-order valence-corrected chi connectivity index (χ3v) is 3.92. The summed E-state index contributed by atoms with van der Waals surface area (Å²) in [5, 5.41) is 6.23. The first-order valence-corrected chi connectivity index (χ1v) is 8.32. The predicted molar refractivity (Wildman–Crippen MR) is 101 cm³/mol. The molecule has 0 saturated carbocycles. The van der Waals surface area contributed by atoms with Crippen molar-refractivity contribution in [2.75, 3.05) is 10.6 Å². The minimum absolute atomic E-state index is 0.0722. The van der Waals surface area contributed by atoms with Gasteiger partial charge in [-0.2, -0.15) is 0 Å². The first-order valence-electron chi connectivity index (χ1n) is 8.32. The summed E-state index contributed by atoms with van der Waals surface area (Å²) in [4.78, 5) is 16.4. The molecular weight excluding hydrogens is 310 g/mol. The lowest BCUT2D eigenvalue weighted by Gasteiger charge is -2.15. The van der Waals surface area contributed by atoms with Crippen molar-refractivity contribution in [1.29, 1.82) is 0 Å². The maximum absolute atomic E-state index is 12.1. The van der Waals surface area contributed by atoms with Crippen molar-refractivity contribution < 1.29 is 4.79 Å². The van der Waals surface area contributed by atoms with Gasteiger partial charge in [0.25, 0.3) is 0 Å². The molecule has 2 aromatic carbocycles. The highest BCUT2D eigenvalue weighted by Crippen LogP contribution is 2.19. The number of carbonyl (C=O) groups excluding carboxylic acids is 1. The number of aromatic nitrogens is 1. The number of nitrogens with one attached hydrogen (secondary N) is 2. The average Bonchev–Trinajstić information content (AvgIpc) is 2.65. The van der Waals surface area contributed by atoms with Crippen LogP contribution in [-0.2, 0) is 11.2 Å². The Morgan fingerprint density at radius 2 is 1.64 bits per heavy atom. The molecule has 0 saturated heterocycles. The Hall–Kier alpha value is -3.14. The second kappa shape index (κ2) is 8.11. The van der Waals surface area contributed by atoms with Crippen LogP contribution in [0, 0.1) is 0 Å². The lowest BCUT2D eigenvalue weighted by atomic mass is 10.1. The fourth-order valence-electron chi connectivity index (χ4n) is 2.60. The molecule has 2 N–H and O–H groups in total. The summed E-state index contributed by atoms with van der Waals surface area (Å²) in [5.41, 5.74) is 3.11. The van der Waals surface area contributed by atoms with Crippen LogP contribution in [0.1, 0.15) is 24.1 Å². The molecule has 4 nitrogen and oxygen atoms in total. The Morgan fingerprint density at radius 1 is 0.960 bits per heavy atom. The highest BCUT2D eigenvalue weighted by Gasteiger charge is 2.07. The molecular formula is C21H21N3O. The number of pyridine rings is 1. The van der Waals surface area contributed by atoms with Gasteiger partial charge in [-0.25, -0.2) is 4.98 Å². The maximum Gasteiger partial charge on any atom is 0.229 e. The van der Waals surface area contributed by atoms with Gasteiger partial charge in [0, 0.05) is 6.04 Å². The Bertz CT molecular complexity index is 802. The third kappa shape index (κ3) is 4.91. The van der Waals surface area contributed by atoms with Gasteiger partial charge in [-0.1, -0.05) is 60.7 Å². The van der Waals surface area contributed by atoms with E-state index in [0.29, 0.717) is 12.2 Å². The van der Waals surface area contributed by atoms with Crippen LogP contribution in [0.25, 0.3) is 0 Å². The van der Waals surface area contributed by atoms with Crippen molar-refractivity contribution in [2.45, 2.75) is 19.4 Å². The molecule has 1 atom stereocenters. The summed E-state index contributed by atoms with van der Waals surface area (Å²) >= 11 is 0. The van der Waals surface area contributed by atoms with E-state index in [4.69, 9.17) is 0 Å². The maximum atomic E-state index is 12.1. The molecule has 3 aromatic rings. The lowest BCUT2D eigenvalue weighted by Crippen LogP contribution is -2.15. The number of hydrogen-bond acceptors (Lipinski definition) is 3. The molecule has 126 valence electrons. The molecule has 1 unspecified atom stereocenters. The van der Waals surface area contributed by atoms with Crippen molar-refractivity contribution in [3.63, 3.8) is 0 Å². The molecule has 4 heteroatoms.